The molecule has 0 atom stereocenters. The van der Waals surface area contributed by atoms with Crippen LogP contribution in [0, 0.1) is 201 Å². The van der Waals surface area contributed by atoms with Gasteiger partial charge in [-0.15, -0.1) is 0 Å². The molecular weight excluding hydrogens is 925 g/mol. The fourth-order valence-electron chi connectivity index (χ4n) is 8.47. The van der Waals surface area contributed by atoms with E-state index in [1.807, 2.05) is 0 Å². The molecule has 0 saturated carbocycles. The minimum Gasteiger partial charge on any atom is -0.0617 e. The lowest BCUT2D eigenvalue weighted by atomic mass is 10.0. The molecule has 77 heavy (non-hydrogen) atoms. The second-order valence-electron chi connectivity index (χ2n) is 22.7. The van der Waals surface area contributed by atoms with Crippen molar-refractivity contribution in [1.82, 2.24) is 0 Å². The second kappa shape index (κ2) is 33.1. The summed E-state index contributed by atoms with van der Waals surface area (Å²) < 4.78 is 0. The van der Waals surface area contributed by atoms with Crippen molar-refractivity contribution in [2.75, 3.05) is 0 Å². The van der Waals surface area contributed by atoms with E-state index in [2.05, 4.69) is 316 Å². The zero-order valence-corrected chi connectivity index (χ0v) is 54.5. The summed E-state index contributed by atoms with van der Waals surface area (Å²) >= 11 is 0. The maximum atomic E-state index is 2.24. The van der Waals surface area contributed by atoms with Gasteiger partial charge in [-0.3, -0.25) is 0 Å². The van der Waals surface area contributed by atoms with Crippen LogP contribution in [0.2, 0.25) is 0 Å². The molecule has 0 saturated heterocycles. The average Bonchev–Trinajstić information content (AvgIpc) is 3.36. The predicted octanol–water partition coefficient (Wildman–Crippen LogP) is 22.4. The van der Waals surface area contributed by atoms with Crippen molar-refractivity contribution in [2.24, 2.45) is 0 Å². The molecule has 0 spiro atoms. The van der Waals surface area contributed by atoms with Crippen LogP contribution in [0.4, 0.5) is 0 Å². The van der Waals surface area contributed by atoms with Crippen LogP contribution in [-0.4, -0.2) is 0 Å². The van der Waals surface area contributed by atoms with Crippen LogP contribution in [0.3, 0.4) is 0 Å². The number of benzene rings is 8. The standard InChI is InChI=1S/5C10H14.3C9H12/c1-7-5-9(3)10(4)6-8(7)2;2*1-7-5-8(2)10(4)9(3)6-7;2*1-7-5-6-8(2)10(4)9(7)3;2*1-7-4-5-8(2)9(3)6-7;1-7-5-4-6-8(2)9(7)3/h5*5-6H,1-4H3;3*4-6H,1-3H3. The third kappa shape index (κ3) is 23.9. The van der Waals surface area contributed by atoms with Gasteiger partial charge in [-0.05, 0) is 340 Å². The highest BCUT2D eigenvalue weighted by molar-refractivity contribution is 5.41. The molecule has 8 aromatic carbocycles. The summed E-state index contributed by atoms with van der Waals surface area (Å²) in [5.41, 5.74) is 40.4. The Balaban J connectivity index is 0.000000440. The Hall–Kier alpha value is -6.24. The number of hydrogen-bond acceptors (Lipinski definition) is 0. The van der Waals surface area contributed by atoms with Crippen LogP contribution < -0.4 is 0 Å². The maximum absolute atomic E-state index is 2.24. The lowest BCUT2D eigenvalue weighted by Gasteiger charge is -2.06. The Morgan fingerprint density at radius 3 is 0.519 bits per heavy atom. The van der Waals surface area contributed by atoms with Crippen molar-refractivity contribution in [3.8, 4) is 0 Å². The van der Waals surface area contributed by atoms with E-state index in [9.17, 15) is 0 Å². The molecule has 0 aliphatic carbocycles. The van der Waals surface area contributed by atoms with E-state index in [0.29, 0.717) is 0 Å². The molecule has 414 valence electrons. The predicted molar refractivity (Wildman–Crippen MR) is 349 cm³/mol. The lowest BCUT2D eigenvalue weighted by Crippen LogP contribution is -1.88. The van der Waals surface area contributed by atoms with Crippen LogP contribution in [0.1, 0.15) is 161 Å². The van der Waals surface area contributed by atoms with Gasteiger partial charge in [0.1, 0.15) is 0 Å². The lowest BCUT2D eigenvalue weighted by molar-refractivity contribution is 1.22. The maximum Gasteiger partial charge on any atom is -0.0392 e. The Morgan fingerprint density at radius 1 is 0.130 bits per heavy atom. The van der Waals surface area contributed by atoms with E-state index in [1.54, 1.807) is 0 Å². The SMILES string of the molecule is Cc1cc(C)c(C)c(C)c1.Cc1cc(C)c(C)c(C)c1.Cc1cc(C)c(C)cc1C.Cc1ccc(C)c(C)c1.Cc1ccc(C)c(C)c1.Cc1ccc(C)c(C)c1C.Cc1ccc(C)c(C)c1C.Cc1cccc(C)c1C. The molecule has 8 rings (SSSR count). The summed E-state index contributed by atoms with van der Waals surface area (Å²) in [5, 5.41) is 0. The molecule has 0 N–H and O–H groups in total. The quantitative estimate of drug-likeness (QED) is 0.142. The smallest absolute Gasteiger partial charge is 0.0392 e. The Kier molecular flexibility index (Phi) is 29.6. The minimum atomic E-state index is 1.35. The fourth-order valence-corrected chi connectivity index (χ4v) is 8.47. The van der Waals surface area contributed by atoms with Gasteiger partial charge in [-0.2, -0.15) is 0 Å². The van der Waals surface area contributed by atoms with Gasteiger partial charge in [-0.1, -0.05) is 138 Å². The van der Waals surface area contributed by atoms with Gasteiger partial charge in [0.05, 0.1) is 0 Å². The van der Waals surface area contributed by atoms with Gasteiger partial charge in [0.15, 0.2) is 0 Å². The van der Waals surface area contributed by atoms with E-state index < -0.39 is 0 Å². The number of hydrogen-bond donors (Lipinski definition) is 0. The third-order valence-electron chi connectivity index (χ3n) is 16.1. The Morgan fingerprint density at radius 2 is 0.312 bits per heavy atom. The van der Waals surface area contributed by atoms with E-state index >= 15 is 0 Å². The molecule has 0 aromatic heterocycles. The summed E-state index contributed by atoms with van der Waals surface area (Å²) in [5.74, 6) is 0. The molecule has 0 fully saturated rings. The van der Waals surface area contributed by atoms with Gasteiger partial charge >= 0.3 is 0 Å². The van der Waals surface area contributed by atoms with E-state index in [4.69, 9.17) is 0 Å². The van der Waals surface area contributed by atoms with Gasteiger partial charge < -0.3 is 0 Å². The van der Waals surface area contributed by atoms with Crippen molar-refractivity contribution in [3.05, 3.63) is 277 Å². The Labute approximate surface area is 474 Å². The van der Waals surface area contributed by atoms with Crippen molar-refractivity contribution in [1.29, 1.82) is 0 Å². The van der Waals surface area contributed by atoms with Crippen molar-refractivity contribution in [2.45, 2.75) is 201 Å². The summed E-state index contributed by atoms with van der Waals surface area (Å²) in [6.45, 7) is 62.4. The Bertz CT molecular complexity index is 2810. The molecule has 0 aliphatic rings. The molecule has 8 aromatic rings. The number of rotatable bonds is 0. The van der Waals surface area contributed by atoms with Gasteiger partial charge in [0.2, 0.25) is 0 Å². The van der Waals surface area contributed by atoms with E-state index in [1.165, 1.54) is 161 Å². The zero-order valence-electron chi connectivity index (χ0n) is 54.5. The van der Waals surface area contributed by atoms with Crippen molar-refractivity contribution >= 4 is 0 Å². The van der Waals surface area contributed by atoms with Crippen molar-refractivity contribution < 1.29 is 0 Å². The highest BCUT2D eigenvalue weighted by Gasteiger charge is 2.01. The number of aryl methyl sites for hydroxylation is 22. The van der Waals surface area contributed by atoms with Crippen LogP contribution in [-0.2, 0) is 0 Å². The van der Waals surface area contributed by atoms with Crippen molar-refractivity contribution in [3.63, 3.8) is 0 Å². The largest absolute Gasteiger partial charge is 0.0617 e. The average molecular weight is 1030 g/mol. The van der Waals surface area contributed by atoms with E-state index in [0.717, 1.165) is 0 Å². The molecule has 0 nitrogen and oxygen atoms in total. The van der Waals surface area contributed by atoms with Crippen LogP contribution in [0.15, 0.2) is 115 Å². The highest BCUT2D eigenvalue weighted by atomic mass is 14.1. The summed E-state index contributed by atoms with van der Waals surface area (Å²) in [6.07, 6.45) is 0. The van der Waals surface area contributed by atoms with E-state index in [-0.39, 0.29) is 0 Å². The van der Waals surface area contributed by atoms with Gasteiger partial charge in [-0.25, -0.2) is 0 Å². The third-order valence-corrected chi connectivity index (χ3v) is 16.1. The monoisotopic (exact) mass is 1030 g/mol. The molecule has 0 unspecified atom stereocenters. The first kappa shape index (κ1) is 68.8. The topological polar surface area (TPSA) is 0 Å². The minimum absolute atomic E-state index is 1.35. The first-order valence-corrected chi connectivity index (χ1v) is 28.0. The molecule has 0 radical (unpaired) electrons. The normalized spacial score (nSPS) is 9.88. The fraction of sp³-hybridized carbons (Fsp3) is 0.377. The molecule has 0 heterocycles. The first-order chi connectivity index (χ1) is 35.7. The molecule has 0 heteroatoms. The molecule has 0 bridgehead atoms. The first-order valence-electron chi connectivity index (χ1n) is 28.0. The van der Waals surface area contributed by atoms with Gasteiger partial charge in [0.25, 0.3) is 0 Å². The van der Waals surface area contributed by atoms with Gasteiger partial charge in [0, 0.05) is 0 Å². The van der Waals surface area contributed by atoms with Crippen LogP contribution >= 0.6 is 0 Å². The molecular formula is C77H106. The highest BCUT2D eigenvalue weighted by Crippen LogP contribution is 2.19. The summed E-state index contributed by atoms with van der Waals surface area (Å²) in [6, 6.07) is 41.5. The second-order valence-corrected chi connectivity index (χ2v) is 22.7. The summed E-state index contributed by atoms with van der Waals surface area (Å²) in [4.78, 5) is 0. The zero-order chi connectivity index (χ0) is 59.2. The van der Waals surface area contributed by atoms with Crippen LogP contribution in [0.25, 0.3) is 0 Å². The molecule has 0 aliphatic heterocycles. The van der Waals surface area contributed by atoms with Crippen LogP contribution in [0.5, 0.6) is 0 Å². The summed E-state index contributed by atoms with van der Waals surface area (Å²) in [7, 11) is 0. The molecule has 0 amide bonds.